The number of H-pyrrole nitrogens is 1. The van der Waals surface area contributed by atoms with Crippen LogP contribution in [0.15, 0.2) is 35.4 Å². The number of nitrogens with zero attached hydrogens (tertiary/aromatic N) is 2. The molecular formula is C13H9N3O3S. The number of thiophene rings is 1. The normalized spacial score (nSPS) is 10.8. The van der Waals surface area contributed by atoms with Crippen molar-refractivity contribution in [3.05, 3.63) is 56.6 Å². The number of rotatable bonds is 2. The van der Waals surface area contributed by atoms with Crippen LogP contribution in [-0.4, -0.2) is 14.9 Å². The smallest absolute Gasteiger partial charge is 0.270 e. The Morgan fingerprint density at radius 2 is 2.10 bits per heavy atom. The first-order valence-electron chi connectivity index (χ1n) is 5.78. The molecule has 0 unspecified atom stereocenters. The maximum absolute atomic E-state index is 11.7. The Kier molecular flexibility index (Phi) is 2.83. The minimum absolute atomic E-state index is 0.0410. The highest BCUT2D eigenvalue weighted by molar-refractivity contribution is 7.22. The van der Waals surface area contributed by atoms with E-state index in [1.54, 1.807) is 13.0 Å². The number of nitrogens with one attached hydrogen (secondary N) is 1. The predicted octanol–water partition coefficient (Wildman–Crippen LogP) is 2.87. The highest BCUT2D eigenvalue weighted by Crippen LogP contribution is 2.33. The van der Waals surface area contributed by atoms with Crippen molar-refractivity contribution in [2.75, 3.05) is 0 Å². The summed E-state index contributed by atoms with van der Waals surface area (Å²) in [6.45, 7) is 1.80. The molecule has 3 rings (SSSR count). The molecule has 7 heteroatoms. The maximum atomic E-state index is 11.7. The van der Waals surface area contributed by atoms with Gasteiger partial charge in [0.05, 0.1) is 16.8 Å². The molecule has 100 valence electrons. The Hall–Kier alpha value is -2.54. The third-order valence-electron chi connectivity index (χ3n) is 2.88. The first-order valence-corrected chi connectivity index (χ1v) is 6.60. The first kappa shape index (κ1) is 12.5. The molecule has 1 N–H and O–H groups in total. The molecular weight excluding hydrogens is 278 g/mol. The molecule has 0 radical (unpaired) electrons. The molecule has 1 aromatic carbocycles. The maximum Gasteiger partial charge on any atom is 0.270 e. The Morgan fingerprint density at radius 3 is 2.80 bits per heavy atom. The lowest BCUT2D eigenvalue weighted by molar-refractivity contribution is -0.384. The minimum atomic E-state index is -0.422. The van der Waals surface area contributed by atoms with Crippen LogP contribution in [0.1, 0.15) is 5.56 Å². The number of nitro benzene ring substituents is 1. The fourth-order valence-electron chi connectivity index (χ4n) is 2.02. The van der Waals surface area contributed by atoms with Crippen LogP contribution in [0.2, 0.25) is 0 Å². The fourth-order valence-corrected chi connectivity index (χ4v) is 3.01. The van der Waals surface area contributed by atoms with E-state index < -0.39 is 4.92 Å². The molecule has 0 fully saturated rings. The first-order chi connectivity index (χ1) is 9.54. The average Bonchev–Trinajstić information content (AvgIpc) is 2.83. The van der Waals surface area contributed by atoms with Crippen molar-refractivity contribution in [3.63, 3.8) is 0 Å². The summed E-state index contributed by atoms with van der Waals surface area (Å²) in [7, 11) is 0. The van der Waals surface area contributed by atoms with E-state index in [2.05, 4.69) is 9.97 Å². The lowest BCUT2D eigenvalue weighted by Gasteiger charge is -2.00. The van der Waals surface area contributed by atoms with Gasteiger partial charge in [0.25, 0.3) is 11.2 Å². The molecule has 0 saturated carbocycles. The van der Waals surface area contributed by atoms with Gasteiger partial charge in [-0.3, -0.25) is 14.9 Å². The Bertz CT molecular complexity index is 882. The Morgan fingerprint density at radius 1 is 1.30 bits per heavy atom. The van der Waals surface area contributed by atoms with Gasteiger partial charge in [-0.25, -0.2) is 4.98 Å². The molecule has 0 spiro atoms. The van der Waals surface area contributed by atoms with E-state index in [-0.39, 0.29) is 11.2 Å². The van der Waals surface area contributed by atoms with Gasteiger partial charge in [0.1, 0.15) is 4.70 Å². The van der Waals surface area contributed by atoms with Crippen LogP contribution < -0.4 is 5.56 Å². The highest BCUT2D eigenvalue weighted by atomic mass is 32.1. The number of fused-ring (bicyclic) bond motifs is 1. The van der Waals surface area contributed by atoms with E-state index in [1.165, 1.54) is 29.8 Å². The van der Waals surface area contributed by atoms with Gasteiger partial charge >= 0.3 is 0 Å². The number of benzene rings is 1. The van der Waals surface area contributed by atoms with Gasteiger partial charge in [0.15, 0.2) is 0 Å². The molecule has 2 aromatic heterocycles. The van der Waals surface area contributed by atoms with Gasteiger partial charge in [-0.1, -0.05) is 6.07 Å². The van der Waals surface area contributed by atoms with E-state index >= 15 is 0 Å². The molecule has 0 amide bonds. The lowest BCUT2D eigenvalue weighted by Crippen LogP contribution is -2.02. The fraction of sp³-hybridized carbons (Fsp3) is 0.0769. The summed E-state index contributed by atoms with van der Waals surface area (Å²) in [5.41, 5.74) is 1.96. The lowest BCUT2D eigenvalue weighted by atomic mass is 10.1. The van der Waals surface area contributed by atoms with Crippen molar-refractivity contribution in [1.82, 2.24) is 9.97 Å². The third kappa shape index (κ3) is 2.08. The van der Waals surface area contributed by atoms with Crippen LogP contribution in [0.5, 0.6) is 0 Å². The van der Waals surface area contributed by atoms with Crippen molar-refractivity contribution in [2.45, 2.75) is 6.92 Å². The predicted molar refractivity (Wildman–Crippen MR) is 77.1 cm³/mol. The van der Waals surface area contributed by atoms with E-state index in [0.29, 0.717) is 10.2 Å². The van der Waals surface area contributed by atoms with Crippen LogP contribution >= 0.6 is 11.3 Å². The van der Waals surface area contributed by atoms with Crippen LogP contribution in [-0.2, 0) is 0 Å². The van der Waals surface area contributed by atoms with Gasteiger partial charge in [-0.2, -0.15) is 0 Å². The van der Waals surface area contributed by atoms with Crippen LogP contribution in [0.3, 0.4) is 0 Å². The molecule has 6 nitrogen and oxygen atoms in total. The molecule has 0 bridgehead atoms. The van der Waals surface area contributed by atoms with Crippen molar-refractivity contribution in [2.24, 2.45) is 0 Å². The molecule has 0 aliphatic rings. The van der Waals surface area contributed by atoms with Crippen LogP contribution in [0, 0.1) is 17.0 Å². The number of aromatic amines is 1. The number of hydrogen-bond acceptors (Lipinski definition) is 5. The van der Waals surface area contributed by atoms with Gasteiger partial charge < -0.3 is 4.98 Å². The number of hydrogen-bond donors (Lipinski definition) is 1. The summed E-state index contributed by atoms with van der Waals surface area (Å²) in [5, 5.41) is 10.9. The Labute approximate surface area is 116 Å². The van der Waals surface area contributed by atoms with Gasteiger partial charge in [0, 0.05) is 17.0 Å². The second-order valence-corrected chi connectivity index (χ2v) is 5.42. The molecule has 0 aliphatic carbocycles. The third-order valence-corrected chi connectivity index (χ3v) is 4.05. The topological polar surface area (TPSA) is 88.9 Å². The van der Waals surface area contributed by atoms with Crippen LogP contribution in [0.4, 0.5) is 5.69 Å². The van der Waals surface area contributed by atoms with E-state index in [9.17, 15) is 14.9 Å². The SMILES string of the molecule is Cc1cc(-c2cc3nc[nH]c(=O)c3s2)cc([N+](=O)[O-])c1. The second-order valence-electron chi connectivity index (χ2n) is 4.37. The molecule has 20 heavy (non-hydrogen) atoms. The molecule has 3 aromatic rings. The molecule has 0 aliphatic heterocycles. The summed E-state index contributed by atoms with van der Waals surface area (Å²) in [6, 6.07) is 6.65. The zero-order valence-electron chi connectivity index (χ0n) is 10.4. The van der Waals surface area contributed by atoms with Gasteiger partial charge in [-0.05, 0) is 24.1 Å². The Balaban J connectivity index is 2.23. The number of aromatic nitrogens is 2. The van der Waals surface area contributed by atoms with E-state index in [0.717, 1.165) is 16.0 Å². The summed E-state index contributed by atoms with van der Waals surface area (Å²) >= 11 is 1.28. The monoisotopic (exact) mass is 287 g/mol. The van der Waals surface area contributed by atoms with E-state index in [4.69, 9.17) is 0 Å². The van der Waals surface area contributed by atoms with Crippen molar-refractivity contribution >= 4 is 27.2 Å². The van der Waals surface area contributed by atoms with Gasteiger partial charge in [0.2, 0.25) is 0 Å². The van der Waals surface area contributed by atoms with Crippen LogP contribution in [0.25, 0.3) is 20.7 Å². The van der Waals surface area contributed by atoms with Crippen molar-refractivity contribution in [3.8, 4) is 10.4 Å². The standard InChI is InChI=1S/C13H9N3O3S/c1-7-2-8(4-9(3-7)16(18)19)11-5-10-12(20-11)13(17)15-6-14-10/h2-6H,1H3,(H,14,15,17). The van der Waals surface area contributed by atoms with E-state index in [1.807, 2.05) is 6.07 Å². The minimum Gasteiger partial charge on any atom is -0.312 e. The zero-order chi connectivity index (χ0) is 14.3. The molecule has 0 atom stereocenters. The molecule has 0 saturated heterocycles. The summed E-state index contributed by atoms with van der Waals surface area (Å²) in [6.07, 6.45) is 1.35. The van der Waals surface area contributed by atoms with Crippen molar-refractivity contribution in [1.29, 1.82) is 0 Å². The summed E-state index contributed by atoms with van der Waals surface area (Å²) in [4.78, 5) is 29.5. The number of non-ortho nitro benzene ring substituents is 1. The number of aryl methyl sites for hydroxylation is 1. The second kappa shape index (κ2) is 4.53. The quantitative estimate of drug-likeness (QED) is 0.579. The van der Waals surface area contributed by atoms with Crippen molar-refractivity contribution < 1.29 is 4.92 Å². The molecule has 2 heterocycles. The largest absolute Gasteiger partial charge is 0.312 e. The number of nitro groups is 1. The zero-order valence-corrected chi connectivity index (χ0v) is 11.2. The average molecular weight is 287 g/mol. The summed E-state index contributed by atoms with van der Waals surface area (Å²) in [5.74, 6) is 0. The van der Waals surface area contributed by atoms with Gasteiger partial charge in [-0.15, -0.1) is 11.3 Å². The summed E-state index contributed by atoms with van der Waals surface area (Å²) < 4.78 is 0.520. The highest BCUT2D eigenvalue weighted by Gasteiger charge is 2.13.